The molecule has 0 saturated heterocycles. The number of hydrogen-bond donors (Lipinski definition) is 0. The SMILES string of the molecule is CCCCCCc1ccc2c(F)c(-c3ccc(Cl)cc3)ccc2c1. The lowest BCUT2D eigenvalue weighted by atomic mass is 9.97. The highest BCUT2D eigenvalue weighted by atomic mass is 35.5. The van der Waals surface area contributed by atoms with Gasteiger partial charge in [-0.3, -0.25) is 0 Å². The molecule has 0 nitrogen and oxygen atoms in total. The Balaban J connectivity index is 1.88. The number of rotatable bonds is 6. The maximum atomic E-state index is 14.9. The van der Waals surface area contributed by atoms with Gasteiger partial charge in [-0.2, -0.15) is 0 Å². The molecule has 24 heavy (non-hydrogen) atoms. The highest BCUT2D eigenvalue weighted by Gasteiger charge is 2.10. The smallest absolute Gasteiger partial charge is 0.138 e. The van der Waals surface area contributed by atoms with E-state index in [2.05, 4.69) is 19.1 Å². The third-order valence-electron chi connectivity index (χ3n) is 4.49. The summed E-state index contributed by atoms with van der Waals surface area (Å²) >= 11 is 5.92. The van der Waals surface area contributed by atoms with Gasteiger partial charge < -0.3 is 0 Å². The highest BCUT2D eigenvalue weighted by Crippen LogP contribution is 2.30. The fourth-order valence-corrected chi connectivity index (χ4v) is 3.23. The Morgan fingerprint density at radius 1 is 0.875 bits per heavy atom. The molecule has 0 N–H and O–H groups in total. The fourth-order valence-electron chi connectivity index (χ4n) is 3.11. The van der Waals surface area contributed by atoms with Crippen LogP contribution >= 0.6 is 11.6 Å². The third-order valence-corrected chi connectivity index (χ3v) is 4.74. The van der Waals surface area contributed by atoms with Gasteiger partial charge in [0.15, 0.2) is 0 Å². The van der Waals surface area contributed by atoms with E-state index in [0.29, 0.717) is 16.0 Å². The maximum Gasteiger partial charge on any atom is 0.138 e. The van der Waals surface area contributed by atoms with Gasteiger partial charge in [0.1, 0.15) is 5.82 Å². The van der Waals surface area contributed by atoms with Crippen LogP contribution in [0.3, 0.4) is 0 Å². The molecule has 0 bridgehead atoms. The van der Waals surface area contributed by atoms with Crippen LogP contribution in [0, 0.1) is 5.82 Å². The molecule has 0 fully saturated rings. The van der Waals surface area contributed by atoms with Crippen LogP contribution in [-0.2, 0) is 6.42 Å². The summed E-state index contributed by atoms with van der Waals surface area (Å²) in [7, 11) is 0. The number of aryl methyl sites for hydroxylation is 1. The average molecular weight is 341 g/mol. The van der Waals surface area contributed by atoms with Gasteiger partial charge in [0.2, 0.25) is 0 Å². The fraction of sp³-hybridized carbons (Fsp3) is 0.273. The zero-order valence-electron chi connectivity index (χ0n) is 14.0. The Labute approximate surface area is 148 Å². The molecule has 0 amide bonds. The number of unbranched alkanes of at least 4 members (excludes halogenated alkanes) is 3. The quantitative estimate of drug-likeness (QED) is 0.409. The van der Waals surface area contributed by atoms with Gasteiger partial charge in [-0.15, -0.1) is 0 Å². The van der Waals surface area contributed by atoms with Crippen molar-refractivity contribution < 1.29 is 4.39 Å². The van der Waals surface area contributed by atoms with Crippen LogP contribution < -0.4 is 0 Å². The van der Waals surface area contributed by atoms with Crippen molar-refractivity contribution in [2.24, 2.45) is 0 Å². The Kier molecular flexibility index (Phi) is 5.52. The van der Waals surface area contributed by atoms with Gasteiger partial charge in [-0.25, -0.2) is 4.39 Å². The van der Waals surface area contributed by atoms with E-state index in [9.17, 15) is 4.39 Å². The second-order valence-corrected chi connectivity index (χ2v) is 6.74. The molecule has 0 aliphatic heterocycles. The van der Waals surface area contributed by atoms with Crippen LogP contribution in [0.1, 0.15) is 38.2 Å². The molecular formula is C22H22ClF. The lowest BCUT2D eigenvalue weighted by molar-refractivity contribution is 0.643. The normalized spacial score (nSPS) is 11.1. The van der Waals surface area contributed by atoms with Crippen molar-refractivity contribution in [1.82, 2.24) is 0 Å². The number of hydrogen-bond acceptors (Lipinski definition) is 0. The van der Waals surface area contributed by atoms with E-state index in [1.807, 2.05) is 30.3 Å². The highest BCUT2D eigenvalue weighted by molar-refractivity contribution is 6.30. The minimum absolute atomic E-state index is 0.160. The van der Waals surface area contributed by atoms with Gasteiger partial charge in [-0.05, 0) is 41.5 Å². The number of halogens is 2. The first kappa shape index (κ1) is 17.0. The van der Waals surface area contributed by atoms with Gasteiger partial charge in [-0.1, -0.05) is 80.3 Å². The van der Waals surface area contributed by atoms with Crippen molar-refractivity contribution in [2.45, 2.75) is 39.0 Å². The largest absolute Gasteiger partial charge is 0.206 e. The Morgan fingerprint density at radius 2 is 1.67 bits per heavy atom. The van der Waals surface area contributed by atoms with E-state index in [0.717, 1.165) is 17.4 Å². The standard InChI is InChI=1S/C22H22ClF/c1-2-3-4-5-6-16-7-13-21-18(15-16)10-14-20(22(21)24)17-8-11-19(23)12-9-17/h7-15H,2-6H2,1H3. The Hall–Kier alpha value is -1.86. The summed E-state index contributed by atoms with van der Waals surface area (Å²) in [5.41, 5.74) is 2.76. The molecule has 0 atom stereocenters. The van der Waals surface area contributed by atoms with E-state index in [-0.39, 0.29) is 5.82 Å². The molecule has 0 aliphatic rings. The summed E-state index contributed by atoms with van der Waals surface area (Å²) in [6, 6.07) is 17.3. The van der Waals surface area contributed by atoms with E-state index in [1.54, 1.807) is 12.1 Å². The van der Waals surface area contributed by atoms with Crippen LogP contribution in [0.25, 0.3) is 21.9 Å². The van der Waals surface area contributed by atoms with E-state index >= 15 is 0 Å². The summed E-state index contributed by atoms with van der Waals surface area (Å²) in [6.45, 7) is 2.22. The molecular weight excluding hydrogens is 319 g/mol. The molecule has 3 rings (SSSR count). The molecule has 3 aromatic rings. The molecule has 0 saturated carbocycles. The number of fused-ring (bicyclic) bond motifs is 1. The molecule has 2 heteroatoms. The molecule has 124 valence electrons. The zero-order chi connectivity index (χ0) is 16.9. The summed E-state index contributed by atoms with van der Waals surface area (Å²) < 4.78 is 14.9. The van der Waals surface area contributed by atoms with Gasteiger partial charge in [0.05, 0.1) is 0 Å². The van der Waals surface area contributed by atoms with Crippen molar-refractivity contribution in [3.63, 3.8) is 0 Å². The van der Waals surface area contributed by atoms with E-state index < -0.39 is 0 Å². The predicted molar refractivity (Wildman–Crippen MR) is 102 cm³/mol. The maximum absolute atomic E-state index is 14.9. The zero-order valence-corrected chi connectivity index (χ0v) is 14.7. The van der Waals surface area contributed by atoms with Crippen molar-refractivity contribution >= 4 is 22.4 Å². The second-order valence-electron chi connectivity index (χ2n) is 6.30. The van der Waals surface area contributed by atoms with Crippen molar-refractivity contribution in [1.29, 1.82) is 0 Å². The van der Waals surface area contributed by atoms with E-state index in [1.165, 1.54) is 31.2 Å². The molecule has 0 aliphatic carbocycles. The third kappa shape index (κ3) is 3.79. The van der Waals surface area contributed by atoms with Crippen LogP contribution in [-0.4, -0.2) is 0 Å². The molecule has 0 spiro atoms. The Morgan fingerprint density at radius 3 is 2.42 bits per heavy atom. The van der Waals surface area contributed by atoms with Crippen LogP contribution in [0.15, 0.2) is 54.6 Å². The van der Waals surface area contributed by atoms with Crippen molar-refractivity contribution in [3.8, 4) is 11.1 Å². The minimum atomic E-state index is -0.160. The average Bonchev–Trinajstić information content (AvgIpc) is 2.60. The summed E-state index contributed by atoms with van der Waals surface area (Å²) in [5.74, 6) is -0.160. The van der Waals surface area contributed by atoms with Crippen LogP contribution in [0.4, 0.5) is 4.39 Å². The molecule has 0 heterocycles. The topological polar surface area (TPSA) is 0 Å². The first-order valence-electron chi connectivity index (χ1n) is 8.66. The summed E-state index contributed by atoms with van der Waals surface area (Å²) in [4.78, 5) is 0. The first-order valence-corrected chi connectivity index (χ1v) is 9.04. The van der Waals surface area contributed by atoms with Crippen LogP contribution in [0.5, 0.6) is 0 Å². The van der Waals surface area contributed by atoms with Crippen molar-refractivity contribution in [3.05, 3.63) is 71.0 Å². The van der Waals surface area contributed by atoms with E-state index in [4.69, 9.17) is 11.6 Å². The second kappa shape index (κ2) is 7.81. The van der Waals surface area contributed by atoms with Crippen LogP contribution in [0.2, 0.25) is 5.02 Å². The van der Waals surface area contributed by atoms with Gasteiger partial charge in [0, 0.05) is 16.0 Å². The first-order chi connectivity index (χ1) is 11.7. The predicted octanol–water partition coefficient (Wildman–Crippen LogP) is 7.42. The number of benzene rings is 3. The van der Waals surface area contributed by atoms with Gasteiger partial charge in [0.25, 0.3) is 0 Å². The Bertz CT molecular complexity index is 821. The van der Waals surface area contributed by atoms with Crippen molar-refractivity contribution in [2.75, 3.05) is 0 Å². The molecule has 0 radical (unpaired) electrons. The lowest BCUT2D eigenvalue weighted by Gasteiger charge is -2.09. The monoisotopic (exact) mass is 340 g/mol. The summed E-state index contributed by atoms with van der Waals surface area (Å²) in [5, 5.41) is 2.31. The lowest BCUT2D eigenvalue weighted by Crippen LogP contribution is -1.90. The minimum Gasteiger partial charge on any atom is -0.206 e. The molecule has 0 aromatic heterocycles. The van der Waals surface area contributed by atoms with Gasteiger partial charge >= 0.3 is 0 Å². The summed E-state index contributed by atoms with van der Waals surface area (Å²) in [6.07, 6.45) is 6.06. The molecule has 0 unspecified atom stereocenters. The molecule has 3 aromatic carbocycles.